The third kappa shape index (κ3) is 4.41. The minimum absolute atomic E-state index is 0.122. The van der Waals surface area contributed by atoms with Crippen molar-refractivity contribution in [3.63, 3.8) is 0 Å². The van der Waals surface area contributed by atoms with E-state index in [4.69, 9.17) is 9.72 Å². The van der Waals surface area contributed by atoms with Crippen molar-refractivity contribution < 1.29 is 14.2 Å². The molecule has 0 fully saturated rings. The highest BCUT2D eigenvalue weighted by molar-refractivity contribution is 7.98. The number of ether oxygens (including phenoxy) is 1. The normalized spacial score (nSPS) is 12.1. The van der Waals surface area contributed by atoms with Crippen LogP contribution in [0.25, 0.3) is 11.4 Å². The molecule has 0 spiro atoms. The molecule has 0 atom stereocenters. The van der Waals surface area contributed by atoms with Crippen LogP contribution in [0.2, 0.25) is 0 Å². The first-order chi connectivity index (χ1) is 16.6. The number of aryl methyl sites for hydroxylation is 2. The Hall–Kier alpha value is -3.29. The van der Waals surface area contributed by atoms with E-state index in [1.165, 1.54) is 23.3 Å². The highest BCUT2D eigenvalue weighted by atomic mass is 32.2. The number of nitrogens with zero attached hydrogens (tertiary/aromatic N) is 3. The van der Waals surface area contributed by atoms with E-state index in [1.807, 2.05) is 6.92 Å². The maximum Gasteiger partial charge on any atom is 0.227 e. The zero-order chi connectivity index (χ0) is 23.7. The van der Waals surface area contributed by atoms with Crippen LogP contribution in [0, 0.1) is 12.7 Å². The minimum Gasteiger partial charge on any atom is -0.436 e. The summed E-state index contributed by atoms with van der Waals surface area (Å²) in [6.07, 6.45) is 3.22. The lowest BCUT2D eigenvalue weighted by atomic mass is 9.99. The summed E-state index contributed by atoms with van der Waals surface area (Å²) >= 11 is 1.60. The number of hydrogen-bond acceptors (Lipinski definition) is 6. The van der Waals surface area contributed by atoms with Gasteiger partial charge >= 0.3 is 0 Å². The summed E-state index contributed by atoms with van der Waals surface area (Å²) < 4.78 is 20.2. The van der Waals surface area contributed by atoms with Gasteiger partial charge in [-0.3, -0.25) is 4.98 Å². The smallest absolute Gasteiger partial charge is 0.227 e. The molecule has 0 aliphatic carbocycles. The Labute approximate surface area is 202 Å². The lowest BCUT2D eigenvalue weighted by Crippen LogP contribution is -2.13. The van der Waals surface area contributed by atoms with E-state index < -0.39 is 0 Å². The van der Waals surface area contributed by atoms with Crippen molar-refractivity contribution in [2.45, 2.75) is 44.1 Å². The molecule has 172 valence electrons. The van der Waals surface area contributed by atoms with Gasteiger partial charge in [0.15, 0.2) is 11.6 Å². The predicted molar refractivity (Wildman–Crippen MR) is 131 cm³/mol. The molecule has 7 heteroatoms. The number of benzene rings is 2. The zero-order valence-electron chi connectivity index (χ0n) is 19.0. The van der Waals surface area contributed by atoms with Crippen molar-refractivity contribution in [2.75, 3.05) is 0 Å². The maximum atomic E-state index is 13.9. The van der Waals surface area contributed by atoms with E-state index in [9.17, 15) is 9.50 Å². The van der Waals surface area contributed by atoms with Gasteiger partial charge in [-0.05, 0) is 36.6 Å². The molecular formula is C27H24FN3O2S. The summed E-state index contributed by atoms with van der Waals surface area (Å²) in [5, 5.41) is 10.6. The number of hydrogen-bond donors (Lipinski definition) is 1. The number of aliphatic hydroxyl groups excluding tert-OH is 1. The van der Waals surface area contributed by atoms with Crippen LogP contribution in [0.5, 0.6) is 11.6 Å². The Balaban J connectivity index is 1.56. The summed E-state index contributed by atoms with van der Waals surface area (Å²) in [6.45, 7) is 3.89. The van der Waals surface area contributed by atoms with Gasteiger partial charge in [-0.15, -0.1) is 11.8 Å². The Morgan fingerprint density at radius 3 is 2.59 bits per heavy atom. The molecular weight excluding hydrogens is 449 g/mol. The fourth-order valence-corrected chi connectivity index (χ4v) is 4.97. The average Bonchev–Trinajstić information content (AvgIpc) is 2.87. The lowest BCUT2D eigenvalue weighted by molar-refractivity contribution is 0.278. The van der Waals surface area contributed by atoms with E-state index in [0.29, 0.717) is 29.4 Å². The molecule has 0 bridgehead atoms. The van der Waals surface area contributed by atoms with Crippen molar-refractivity contribution in [3.05, 3.63) is 94.1 Å². The van der Waals surface area contributed by atoms with Gasteiger partial charge in [0, 0.05) is 35.1 Å². The lowest BCUT2D eigenvalue weighted by Gasteiger charge is -2.24. The van der Waals surface area contributed by atoms with Crippen LogP contribution in [0.4, 0.5) is 4.39 Å². The third-order valence-electron chi connectivity index (χ3n) is 5.95. The molecule has 0 unspecified atom stereocenters. The molecule has 1 aliphatic rings. The van der Waals surface area contributed by atoms with Crippen LogP contribution < -0.4 is 4.74 Å². The molecule has 5 rings (SSSR count). The molecule has 0 saturated carbocycles. The second kappa shape index (κ2) is 9.52. The topological polar surface area (TPSA) is 68.1 Å². The summed E-state index contributed by atoms with van der Waals surface area (Å²) in [5.74, 6) is 1.86. The monoisotopic (exact) mass is 473 g/mol. The van der Waals surface area contributed by atoms with Crippen LogP contribution in [0.1, 0.15) is 40.4 Å². The number of fused-ring (bicyclic) bond motifs is 2. The number of pyridine rings is 1. The molecule has 34 heavy (non-hydrogen) atoms. The number of thioether (sulfide) groups is 1. The summed E-state index contributed by atoms with van der Waals surface area (Å²) in [6, 6.07) is 14.8. The van der Waals surface area contributed by atoms with E-state index in [1.54, 1.807) is 30.1 Å². The first-order valence-electron chi connectivity index (χ1n) is 11.2. The van der Waals surface area contributed by atoms with Crippen molar-refractivity contribution in [1.82, 2.24) is 15.0 Å². The Bertz CT molecular complexity index is 1360. The van der Waals surface area contributed by atoms with Gasteiger partial charge < -0.3 is 9.84 Å². The summed E-state index contributed by atoms with van der Waals surface area (Å²) in [5.41, 5.74) is 6.30. The van der Waals surface area contributed by atoms with Gasteiger partial charge in [0.05, 0.1) is 17.9 Å². The van der Waals surface area contributed by atoms with Crippen molar-refractivity contribution in [1.29, 1.82) is 0 Å². The average molecular weight is 474 g/mol. The SMILES string of the molecule is CCc1ccc(CSc2nc(-c3cccc(F)c3)nc3c2Cc2c(CO)cnc(C)c2O3)cc1. The minimum atomic E-state index is -0.345. The van der Waals surface area contributed by atoms with E-state index in [2.05, 4.69) is 41.2 Å². The quantitative estimate of drug-likeness (QED) is 0.240. The molecule has 5 nitrogen and oxygen atoms in total. The standard InChI is InChI=1S/C27H24FN3O2S/c1-3-17-7-9-18(10-8-17)15-34-27-23-12-22-20(14-32)13-29-16(2)24(22)33-26(23)30-25(31-27)19-5-4-6-21(28)11-19/h4-11,13,32H,3,12,14-15H2,1-2H3. The maximum absolute atomic E-state index is 13.9. The summed E-state index contributed by atoms with van der Waals surface area (Å²) in [7, 11) is 0. The molecule has 2 aromatic heterocycles. The van der Waals surface area contributed by atoms with Crippen LogP contribution >= 0.6 is 11.8 Å². The molecule has 4 aromatic rings. The van der Waals surface area contributed by atoms with Crippen LogP contribution in [0.15, 0.2) is 59.8 Å². The first kappa shape index (κ1) is 22.5. The van der Waals surface area contributed by atoms with Crippen LogP contribution in [0.3, 0.4) is 0 Å². The second-order valence-electron chi connectivity index (χ2n) is 8.22. The van der Waals surface area contributed by atoms with Gasteiger partial charge in [0.1, 0.15) is 10.8 Å². The largest absolute Gasteiger partial charge is 0.436 e. The van der Waals surface area contributed by atoms with Crippen molar-refractivity contribution in [3.8, 4) is 23.0 Å². The molecule has 2 aromatic carbocycles. The van der Waals surface area contributed by atoms with E-state index in [0.717, 1.165) is 39.6 Å². The number of rotatable bonds is 6. The first-order valence-corrected chi connectivity index (χ1v) is 12.2. The Morgan fingerprint density at radius 1 is 1.06 bits per heavy atom. The van der Waals surface area contributed by atoms with Gasteiger partial charge in [0.2, 0.25) is 5.88 Å². The molecule has 0 radical (unpaired) electrons. The molecule has 0 amide bonds. The van der Waals surface area contributed by atoms with Gasteiger partial charge in [0.25, 0.3) is 0 Å². The van der Waals surface area contributed by atoms with Crippen molar-refractivity contribution >= 4 is 11.8 Å². The molecule has 0 saturated heterocycles. The highest BCUT2D eigenvalue weighted by Gasteiger charge is 2.27. The molecule has 3 heterocycles. The van der Waals surface area contributed by atoms with Crippen LogP contribution in [-0.2, 0) is 25.2 Å². The molecule has 1 aliphatic heterocycles. The second-order valence-corrected chi connectivity index (χ2v) is 9.18. The third-order valence-corrected chi connectivity index (χ3v) is 7.04. The number of aliphatic hydroxyl groups is 1. The fourth-order valence-electron chi connectivity index (χ4n) is 3.99. The Morgan fingerprint density at radius 2 is 1.85 bits per heavy atom. The molecule has 1 N–H and O–H groups in total. The van der Waals surface area contributed by atoms with E-state index in [-0.39, 0.29) is 12.4 Å². The van der Waals surface area contributed by atoms with E-state index >= 15 is 0 Å². The zero-order valence-corrected chi connectivity index (χ0v) is 19.8. The highest BCUT2D eigenvalue weighted by Crippen LogP contribution is 2.43. The van der Waals surface area contributed by atoms with Crippen LogP contribution in [-0.4, -0.2) is 20.1 Å². The van der Waals surface area contributed by atoms with Crippen molar-refractivity contribution in [2.24, 2.45) is 0 Å². The van der Waals surface area contributed by atoms with Gasteiger partial charge in [-0.25, -0.2) is 9.37 Å². The summed E-state index contributed by atoms with van der Waals surface area (Å²) in [4.78, 5) is 13.8. The number of halogens is 1. The van der Waals surface area contributed by atoms with Gasteiger partial charge in [-0.2, -0.15) is 4.98 Å². The Kier molecular flexibility index (Phi) is 6.30. The number of aromatic nitrogens is 3. The predicted octanol–water partition coefficient (Wildman–Crippen LogP) is 6.03. The fraction of sp³-hybridized carbons (Fsp3) is 0.222. The van der Waals surface area contributed by atoms with Gasteiger partial charge in [-0.1, -0.05) is 43.3 Å².